The highest BCUT2D eigenvalue weighted by molar-refractivity contribution is 5.76. The minimum atomic E-state index is -0.805. The highest BCUT2D eigenvalue weighted by Crippen LogP contribution is 2.16. The van der Waals surface area contributed by atoms with Crippen molar-refractivity contribution in [1.29, 1.82) is 0 Å². The van der Waals surface area contributed by atoms with Crippen LogP contribution in [0.4, 0.5) is 4.79 Å². The van der Waals surface area contributed by atoms with Crippen molar-refractivity contribution in [1.82, 2.24) is 20.0 Å². The number of carbonyl (C=O) groups is 2. The largest absolute Gasteiger partial charge is 0.481 e. The maximum absolute atomic E-state index is 12.2. The number of carboxylic acids is 1. The van der Waals surface area contributed by atoms with Gasteiger partial charge in [0.15, 0.2) is 0 Å². The third kappa shape index (κ3) is 4.31. The van der Waals surface area contributed by atoms with Gasteiger partial charge in [0.1, 0.15) is 0 Å². The first-order valence-electron chi connectivity index (χ1n) is 7.61. The molecule has 0 radical (unpaired) electrons. The van der Waals surface area contributed by atoms with Gasteiger partial charge in [0.2, 0.25) is 0 Å². The zero-order chi connectivity index (χ0) is 15.4. The Kier molecular flexibility index (Phi) is 5.41. The van der Waals surface area contributed by atoms with E-state index in [4.69, 9.17) is 5.11 Å². The molecule has 2 saturated heterocycles. The second-order valence-corrected chi connectivity index (χ2v) is 6.21. The molecule has 0 aromatic carbocycles. The van der Waals surface area contributed by atoms with E-state index in [9.17, 15) is 9.59 Å². The number of nitrogens with zero attached hydrogens (tertiary/aromatic N) is 3. The van der Waals surface area contributed by atoms with E-state index in [0.29, 0.717) is 32.1 Å². The maximum Gasteiger partial charge on any atom is 0.317 e. The molecule has 2 N–H and O–H groups in total. The van der Waals surface area contributed by atoms with Crippen molar-refractivity contribution in [2.45, 2.75) is 18.9 Å². The number of rotatable bonds is 3. The summed E-state index contributed by atoms with van der Waals surface area (Å²) in [5, 5.41) is 12.0. The van der Waals surface area contributed by atoms with Crippen LogP contribution in [0.5, 0.6) is 0 Å². The number of amides is 2. The lowest BCUT2D eigenvalue weighted by molar-refractivity contribution is -0.143. The summed E-state index contributed by atoms with van der Waals surface area (Å²) in [6.45, 7) is 4.56. The van der Waals surface area contributed by atoms with E-state index in [-0.39, 0.29) is 6.03 Å². The molecule has 0 spiro atoms. The minimum absolute atomic E-state index is 0.137. The van der Waals surface area contributed by atoms with Gasteiger partial charge in [0.25, 0.3) is 0 Å². The van der Waals surface area contributed by atoms with Gasteiger partial charge in [-0.2, -0.15) is 0 Å². The molecule has 2 atom stereocenters. The van der Waals surface area contributed by atoms with E-state index in [0.717, 1.165) is 26.1 Å². The topological polar surface area (TPSA) is 76.1 Å². The van der Waals surface area contributed by atoms with Crippen LogP contribution in [0.15, 0.2) is 0 Å². The molecule has 0 saturated carbocycles. The summed E-state index contributed by atoms with van der Waals surface area (Å²) in [4.78, 5) is 29.4. The van der Waals surface area contributed by atoms with Gasteiger partial charge < -0.3 is 20.2 Å². The molecule has 0 bridgehead atoms. The summed E-state index contributed by atoms with van der Waals surface area (Å²) >= 11 is 0. The van der Waals surface area contributed by atoms with Crippen molar-refractivity contribution in [3.05, 3.63) is 0 Å². The zero-order valence-corrected chi connectivity index (χ0v) is 12.9. The summed E-state index contributed by atoms with van der Waals surface area (Å²) in [6.07, 6.45) is 1.42. The van der Waals surface area contributed by atoms with Gasteiger partial charge in [0.05, 0.1) is 5.92 Å². The quantitative estimate of drug-likeness (QED) is 0.751. The van der Waals surface area contributed by atoms with Crippen molar-refractivity contribution in [2.75, 3.05) is 53.4 Å². The van der Waals surface area contributed by atoms with Crippen LogP contribution in [0.3, 0.4) is 0 Å². The van der Waals surface area contributed by atoms with Crippen LogP contribution in [0, 0.1) is 5.92 Å². The Labute approximate surface area is 125 Å². The van der Waals surface area contributed by atoms with Crippen molar-refractivity contribution >= 4 is 12.0 Å². The van der Waals surface area contributed by atoms with Crippen LogP contribution in [0.25, 0.3) is 0 Å². The third-order valence-corrected chi connectivity index (χ3v) is 4.53. The number of carbonyl (C=O) groups excluding carboxylic acids is 1. The Morgan fingerprint density at radius 2 is 1.95 bits per heavy atom. The fraction of sp³-hybridized carbons (Fsp3) is 0.857. The molecule has 120 valence electrons. The molecule has 7 nitrogen and oxygen atoms in total. The van der Waals surface area contributed by atoms with Gasteiger partial charge in [-0.25, -0.2) is 4.79 Å². The molecule has 2 heterocycles. The number of carboxylic acid groups (broad SMARTS) is 1. The zero-order valence-electron chi connectivity index (χ0n) is 12.9. The fourth-order valence-corrected chi connectivity index (χ4v) is 3.00. The lowest BCUT2D eigenvalue weighted by atomic mass is 9.99. The summed E-state index contributed by atoms with van der Waals surface area (Å²) in [5.41, 5.74) is 0. The highest BCUT2D eigenvalue weighted by atomic mass is 16.4. The SMILES string of the molecule is CN1CCN(C)C(CNC(=O)N2CCCC(C(=O)O)C2)C1. The number of urea groups is 1. The Balaban J connectivity index is 1.79. The van der Waals surface area contributed by atoms with Crippen LogP contribution >= 0.6 is 0 Å². The van der Waals surface area contributed by atoms with E-state index in [1.807, 2.05) is 0 Å². The number of piperazine rings is 1. The van der Waals surface area contributed by atoms with Gasteiger partial charge in [-0.15, -0.1) is 0 Å². The summed E-state index contributed by atoms with van der Waals surface area (Å²) in [6, 6.07) is 0.176. The molecule has 21 heavy (non-hydrogen) atoms. The van der Waals surface area contributed by atoms with E-state index >= 15 is 0 Å². The predicted octanol–water partition coefficient (Wildman–Crippen LogP) is -0.262. The standard InChI is InChI=1S/C14H26N4O3/c1-16-6-7-17(2)12(10-16)8-15-14(21)18-5-3-4-11(9-18)13(19)20/h11-12H,3-10H2,1-2H3,(H,15,21)(H,19,20). The van der Waals surface area contributed by atoms with E-state index < -0.39 is 11.9 Å². The molecule has 0 aromatic heterocycles. The van der Waals surface area contributed by atoms with Gasteiger partial charge in [-0.1, -0.05) is 0 Å². The molecule has 2 aliphatic rings. The molecule has 2 aliphatic heterocycles. The molecule has 2 amide bonds. The predicted molar refractivity (Wildman–Crippen MR) is 79.2 cm³/mol. The molecule has 7 heteroatoms. The van der Waals surface area contributed by atoms with Crippen LogP contribution in [0.2, 0.25) is 0 Å². The van der Waals surface area contributed by atoms with Crippen LogP contribution in [0.1, 0.15) is 12.8 Å². The summed E-state index contributed by atoms with van der Waals surface area (Å²) in [5.74, 6) is -1.23. The molecule has 0 aromatic rings. The Bertz CT molecular complexity index is 390. The monoisotopic (exact) mass is 298 g/mol. The van der Waals surface area contributed by atoms with E-state index in [2.05, 4.69) is 29.2 Å². The van der Waals surface area contributed by atoms with Crippen molar-refractivity contribution in [3.63, 3.8) is 0 Å². The Hall–Kier alpha value is -1.34. The van der Waals surface area contributed by atoms with E-state index in [1.165, 1.54) is 0 Å². The maximum atomic E-state index is 12.2. The molecule has 2 unspecified atom stereocenters. The normalized spacial score (nSPS) is 28.4. The van der Waals surface area contributed by atoms with Gasteiger partial charge in [-0.3, -0.25) is 9.69 Å². The lowest BCUT2D eigenvalue weighted by Crippen LogP contribution is -2.56. The fourth-order valence-electron chi connectivity index (χ4n) is 3.00. The summed E-state index contributed by atoms with van der Waals surface area (Å²) in [7, 11) is 4.16. The minimum Gasteiger partial charge on any atom is -0.481 e. The average Bonchev–Trinajstić information content (AvgIpc) is 2.48. The molecule has 0 aliphatic carbocycles. The van der Waals surface area contributed by atoms with Crippen LogP contribution < -0.4 is 5.32 Å². The number of nitrogens with one attached hydrogen (secondary N) is 1. The van der Waals surface area contributed by atoms with Gasteiger partial charge >= 0.3 is 12.0 Å². The highest BCUT2D eigenvalue weighted by Gasteiger charge is 2.29. The first-order valence-corrected chi connectivity index (χ1v) is 7.61. The Morgan fingerprint density at radius 3 is 2.67 bits per heavy atom. The van der Waals surface area contributed by atoms with Gasteiger partial charge in [-0.05, 0) is 26.9 Å². The lowest BCUT2D eigenvalue weighted by Gasteiger charge is -2.38. The third-order valence-electron chi connectivity index (χ3n) is 4.53. The van der Waals surface area contributed by atoms with Crippen molar-refractivity contribution in [3.8, 4) is 0 Å². The van der Waals surface area contributed by atoms with Gasteiger partial charge in [0, 0.05) is 45.3 Å². The van der Waals surface area contributed by atoms with Crippen molar-refractivity contribution in [2.24, 2.45) is 5.92 Å². The molecular formula is C14H26N4O3. The first kappa shape index (κ1) is 16.0. The average molecular weight is 298 g/mol. The number of hydrogen-bond donors (Lipinski definition) is 2. The number of piperidine rings is 1. The number of aliphatic carboxylic acids is 1. The molecule has 2 rings (SSSR count). The van der Waals surface area contributed by atoms with E-state index in [1.54, 1.807) is 4.90 Å². The number of likely N-dealkylation sites (N-methyl/N-ethyl adjacent to an activating group) is 2. The first-order chi connectivity index (χ1) is 9.97. The Morgan fingerprint density at radius 1 is 1.19 bits per heavy atom. The second kappa shape index (κ2) is 7.09. The molecular weight excluding hydrogens is 272 g/mol. The number of hydrogen-bond acceptors (Lipinski definition) is 4. The second-order valence-electron chi connectivity index (χ2n) is 6.21. The number of likely N-dealkylation sites (tertiary alicyclic amines) is 1. The van der Waals surface area contributed by atoms with Crippen LogP contribution in [-0.2, 0) is 4.79 Å². The molecule has 2 fully saturated rings. The smallest absolute Gasteiger partial charge is 0.317 e. The van der Waals surface area contributed by atoms with Crippen molar-refractivity contribution < 1.29 is 14.7 Å². The summed E-state index contributed by atoms with van der Waals surface area (Å²) < 4.78 is 0. The van der Waals surface area contributed by atoms with Crippen LogP contribution in [-0.4, -0.2) is 91.2 Å².